The maximum Gasteiger partial charge on any atom is 0.222 e. The highest BCUT2D eigenvalue weighted by atomic mass is 16.5. The molecular formula is C29H33N3O3. The summed E-state index contributed by atoms with van der Waals surface area (Å²) in [6.45, 7) is 4.50. The molecule has 35 heavy (non-hydrogen) atoms. The van der Waals surface area contributed by atoms with Crippen LogP contribution in [-0.2, 0) is 24.9 Å². The van der Waals surface area contributed by atoms with E-state index < -0.39 is 6.10 Å². The van der Waals surface area contributed by atoms with Crippen molar-refractivity contribution >= 4 is 0 Å². The Morgan fingerprint density at radius 3 is 2.17 bits per heavy atom. The summed E-state index contributed by atoms with van der Waals surface area (Å²) in [4.78, 5) is 2.22. The van der Waals surface area contributed by atoms with Crippen LogP contribution in [0.25, 0.3) is 11.3 Å². The van der Waals surface area contributed by atoms with Gasteiger partial charge in [-0.05, 0) is 24.6 Å². The molecule has 0 aliphatic carbocycles. The average molecular weight is 472 g/mol. The molecule has 6 heteroatoms. The number of hydrogen-bond donors (Lipinski definition) is 1. The van der Waals surface area contributed by atoms with E-state index in [-0.39, 0.29) is 0 Å². The van der Waals surface area contributed by atoms with Gasteiger partial charge in [0.2, 0.25) is 5.88 Å². The van der Waals surface area contributed by atoms with Crippen molar-refractivity contribution in [3.63, 3.8) is 0 Å². The van der Waals surface area contributed by atoms with Crippen LogP contribution in [-0.4, -0.2) is 45.6 Å². The van der Waals surface area contributed by atoms with Gasteiger partial charge in [-0.2, -0.15) is 5.10 Å². The Hall–Kier alpha value is -3.45. The Balaban J connectivity index is 1.70. The van der Waals surface area contributed by atoms with Crippen molar-refractivity contribution in [1.82, 2.24) is 14.7 Å². The number of hydrogen-bond acceptors (Lipinski definition) is 5. The number of aliphatic hydroxyl groups is 1. The molecule has 1 unspecified atom stereocenters. The maximum atomic E-state index is 10.7. The number of ether oxygens (including phenoxy) is 2. The van der Waals surface area contributed by atoms with Crippen LogP contribution >= 0.6 is 0 Å². The average Bonchev–Trinajstić information content (AvgIpc) is 3.19. The van der Waals surface area contributed by atoms with Crippen molar-refractivity contribution in [3.8, 4) is 22.9 Å². The van der Waals surface area contributed by atoms with Crippen molar-refractivity contribution in [2.24, 2.45) is 7.05 Å². The van der Waals surface area contributed by atoms with E-state index in [2.05, 4.69) is 29.2 Å². The van der Waals surface area contributed by atoms with E-state index in [1.54, 1.807) is 4.68 Å². The summed E-state index contributed by atoms with van der Waals surface area (Å²) in [7, 11) is 1.90. The lowest BCUT2D eigenvalue weighted by molar-refractivity contribution is 0.0179. The standard InChI is InChI=1S/C29H33N3O3/c1-3-34-22-25(33)20-32(19-23-13-7-4-8-14-23)21-27-28(24-15-9-5-10-16-24)30-31(2)29(27)35-26-17-11-6-12-18-26/h4-18,25,33H,3,19-22H2,1-2H3. The van der Waals surface area contributed by atoms with Crippen molar-refractivity contribution in [2.45, 2.75) is 26.1 Å². The Morgan fingerprint density at radius 2 is 1.51 bits per heavy atom. The third-order valence-electron chi connectivity index (χ3n) is 5.71. The van der Waals surface area contributed by atoms with Crippen molar-refractivity contribution < 1.29 is 14.6 Å². The normalized spacial score (nSPS) is 12.1. The molecule has 4 aromatic rings. The molecule has 0 spiro atoms. The van der Waals surface area contributed by atoms with E-state index in [0.717, 1.165) is 22.6 Å². The summed E-state index contributed by atoms with van der Waals surface area (Å²) in [5, 5.41) is 15.5. The molecule has 0 bridgehead atoms. The SMILES string of the molecule is CCOCC(O)CN(Cc1ccccc1)Cc1c(-c2ccccc2)nn(C)c1Oc1ccccc1. The number of aromatic nitrogens is 2. The third kappa shape index (κ3) is 6.79. The van der Waals surface area contributed by atoms with Crippen LogP contribution in [0.15, 0.2) is 91.0 Å². The molecule has 1 aromatic heterocycles. The van der Waals surface area contributed by atoms with Crippen molar-refractivity contribution in [2.75, 3.05) is 19.8 Å². The Bertz CT molecular complexity index is 1160. The second-order valence-corrected chi connectivity index (χ2v) is 8.51. The van der Waals surface area contributed by atoms with Gasteiger partial charge in [0.1, 0.15) is 11.4 Å². The zero-order chi connectivity index (χ0) is 24.5. The molecule has 0 amide bonds. The zero-order valence-electron chi connectivity index (χ0n) is 20.4. The molecule has 0 radical (unpaired) electrons. The summed E-state index contributed by atoms with van der Waals surface area (Å²) in [6, 6.07) is 30.2. The molecular weight excluding hydrogens is 438 g/mol. The number of rotatable bonds is 12. The van der Waals surface area contributed by atoms with Gasteiger partial charge >= 0.3 is 0 Å². The highest BCUT2D eigenvalue weighted by Gasteiger charge is 2.23. The van der Waals surface area contributed by atoms with Crippen LogP contribution in [0.1, 0.15) is 18.1 Å². The van der Waals surface area contributed by atoms with Crippen molar-refractivity contribution in [3.05, 3.63) is 102 Å². The minimum Gasteiger partial charge on any atom is -0.439 e. The minimum atomic E-state index is -0.603. The third-order valence-corrected chi connectivity index (χ3v) is 5.71. The number of benzene rings is 3. The largest absolute Gasteiger partial charge is 0.439 e. The smallest absolute Gasteiger partial charge is 0.222 e. The minimum absolute atomic E-state index is 0.299. The van der Waals surface area contributed by atoms with Crippen LogP contribution in [0.3, 0.4) is 0 Å². The quantitative estimate of drug-likeness (QED) is 0.305. The van der Waals surface area contributed by atoms with Gasteiger partial charge in [0.15, 0.2) is 0 Å². The van der Waals surface area contributed by atoms with E-state index in [4.69, 9.17) is 14.6 Å². The summed E-state index contributed by atoms with van der Waals surface area (Å²) in [6.07, 6.45) is -0.603. The summed E-state index contributed by atoms with van der Waals surface area (Å²) >= 11 is 0. The Morgan fingerprint density at radius 1 is 0.886 bits per heavy atom. The molecule has 1 heterocycles. The number of aryl methyl sites for hydroxylation is 1. The van der Waals surface area contributed by atoms with E-state index in [9.17, 15) is 5.11 Å². The Labute approximate surface area is 207 Å². The number of nitrogens with zero attached hydrogens (tertiary/aromatic N) is 3. The van der Waals surface area contributed by atoms with Crippen LogP contribution in [0.4, 0.5) is 0 Å². The highest BCUT2D eigenvalue weighted by Crippen LogP contribution is 2.34. The molecule has 1 atom stereocenters. The van der Waals surface area contributed by atoms with E-state index in [0.29, 0.717) is 38.7 Å². The molecule has 0 fully saturated rings. The first-order valence-corrected chi connectivity index (χ1v) is 12.0. The molecule has 0 saturated heterocycles. The lowest BCUT2D eigenvalue weighted by Crippen LogP contribution is -2.34. The number of para-hydroxylation sites is 1. The van der Waals surface area contributed by atoms with Gasteiger partial charge in [-0.1, -0.05) is 78.9 Å². The van der Waals surface area contributed by atoms with Gasteiger partial charge in [0, 0.05) is 38.9 Å². The van der Waals surface area contributed by atoms with E-state index in [1.165, 1.54) is 5.56 Å². The first-order chi connectivity index (χ1) is 17.1. The number of aliphatic hydroxyl groups excluding tert-OH is 1. The van der Waals surface area contributed by atoms with Gasteiger partial charge in [-0.15, -0.1) is 0 Å². The monoisotopic (exact) mass is 471 g/mol. The predicted molar refractivity (Wildman–Crippen MR) is 138 cm³/mol. The molecule has 0 saturated carbocycles. The fraction of sp³-hybridized carbons (Fsp3) is 0.276. The summed E-state index contributed by atoms with van der Waals surface area (Å²) in [5.41, 5.74) is 4.04. The molecule has 1 N–H and O–H groups in total. The zero-order valence-corrected chi connectivity index (χ0v) is 20.4. The van der Waals surface area contributed by atoms with Crippen LogP contribution in [0.2, 0.25) is 0 Å². The van der Waals surface area contributed by atoms with Gasteiger partial charge in [0.25, 0.3) is 0 Å². The lowest BCUT2D eigenvalue weighted by atomic mass is 10.1. The Kier molecular flexibility index (Phi) is 8.68. The van der Waals surface area contributed by atoms with E-state index in [1.807, 2.05) is 80.7 Å². The van der Waals surface area contributed by atoms with Gasteiger partial charge < -0.3 is 14.6 Å². The summed E-state index contributed by atoms with van der Waals surface area (Å²) < 4.78 is 13.6. The topological polar surface area (TPSA) is 59.8 Å². The molecule has 0 aliphatic rings. The van der Waals surface area contributed by atoms with Crippen LogP contribution in [0.5, 0.6) is 11.6 Å². The fourth-order valence-corrected chi connectivity index (χ4v) is 4.11. The molecule has 6 nitrogen and oxygen atoms in total. The second kappa shape index (κ2) is 12.3. The van der Waals surface area contributed by atoms with Gasteiger partial charge in [-0.3, -0.25) is 4.90 Å². The van der Waals surface area contributed by atoms with Crippen molar-refractivity contribution in [1.29, 1.82) is 0 Å². The van der Waals surface area contributed by atoms with Gasteiger partial charge in [-0.25, -0.2) is 4.68 Å². The molecule has 3 aromatic carbocycles. The predicted octanol–water partition coefficient (Wildman–Crippen LogP) is 5.28. The van der Waals surface area contributed by atoms with Crippen LogP contribution < -0.4 is 4.74 Å². The molecule has 0 aliphatic heterocycles. The highest BCUT2D eigenvalue weighted by molar-refractivity contribution is 5.65. The maximum absolute atomic E-state index is 10.7. The van der Waals surface area contributed by atoms with Crippen LogP contribution in [0, 0.1) is 0 Å². The van der Waals surface area contributed by atoms with E-state index >= 15 is 0 Å². The molecule has 4 rings (SSSR count). The first kappa shape index (κ1) is 24.7. The lowest BCUT2D eigenvalue weighted by Gasteiger charge is -2.25. The fourth-order valence-electron chi connectivity index (χ4n) is 4.11. The summed E-state index contributed by atoms with van der Waals surface area (Å²) in [5.74, 6) is 1.44. The second-order valence-electron chi connectivity index (χ2n) is 8.51. The van der Waals surface area contributed by atoms with Gasteiger partial charge in [0.05, 0.1) is 18.3 Å². The first-order valence-electron chi connectivity index (χ1n) is 12.0. The molecule has 182 valence electrons.